The Bertz CT molecular complexity index is 830. The first-order chi connectivity index (χ1) is 13.5. The Morgan fingerprint density at radius 3 is 2.36 bits per heavy atom. The molecule has 0 saturated carbocycles. The van der Waals surface area contributed by atoms with Gasteiger partial charge in [-0.1, -0.05) is 41.4 Å². The zero-order valence-corrected chi connectivity index (χ0v) is 16.3. The molecule has 0 unspecified atom stereocenters. The van der Waals surface area contributed by atoms with E-state index >= 15 is 0 Å². The highest BCUT2D eigenvalue weighted by atomic mass is 35.5. The second-order valence-electron chi connectivity index (χ2n) is 5.47. The van der Waals surface area contributed by atoms with E-state index in [4.69, 9.17) is 32.7 Å². The molecule has 2 N–H and O–H groups in total. The zero-order chi connectivity index (χ0) is 20.4. The lowest BCUT2D eigenvalue weighted by atomic mass is 10.2. The van der Waals surface area contributed by atoms with Crippen molar-refractivity contribution in [3.63, 3.8) is 0 Å². The molecule has 0 aliphatic carbocycles. The maximum absolute atomic E-state index is 12.0. The number of hydrogen-bond acceptors (Lipinski definition) is 5. The molecule has 7 nitrogen and oxygen atoms in total. The molecular formula is C19H18Cl2N2O5. The number of benzene rings is 2. The third-order valence-corrected chi connectivity index (χ3v) is 3.92. The fraction of sp³-hybridized carbons (Fsp3) is 0.211. The van der Waals surface area contributed by atoms with Gasteiger partial charge in [0.15, 0.2) is 0 Å². The van der Waals surface area contributed by atoms with Crippen molar-refractivity contribution in [3.05, 3.63) is 64.1 Å². The van der Waals surface area contributed by atoms with Crippen molar-refractivity contribution in [2.75, 3.05) is 26.3 Å². The number of carbonyl (C=O) groups is 3. The topological polar surface area (TPSA) is 93.7 Å². The normalized spacial score (nSPS) is 10.1. The predicted molar refractivity (Wildman–Crippen MR) is 105 cm³/mol. The molecule has 0 heterocycles. The van der Waals surface area contributed by atoms with Gasteiger partial charge in [0.25, 0.3) is 5.91 Å². The van der Waals surface area contributed by atoms with Crippen LogP contribution in [-0.2, 0) is 14.3 Å². The average Bonchev–Trinajstić information content (AvgIpc) is 2.68. The third-order valence-electron chi connectivity index (χ3n) is 3.37. The van der Waals surface area contributed by atoms with Gasteiger partial charge in [0.05, 0.1) is 17.1 Å². The van der Waals surface area contributed by atoms with Crippen molar-refractivity contribution >= 4 is 41.0 Å². The average molecular weight is 425 g/mol. The molecule has 0 saturated heterocycles. The maximum Gasteiger partial charge on any atom is 0.325 e. The van der Waals surface area contributed by atoms with E-state index in [-0.39, 0.29) is 36.9 Å². The number of carbonyl (C=O) groups excluding carboxylic acids is 3. The van der Waals surface area contributed by atoms with Crippen LogP contribution in [0.5, 0.6) is 5.75 Å². The van der Waals surface area contributed by atoms with Gasteiger partial charge in [-0.2, -0.15) is 0 Å². The first-order valence-electron chi connectivity index (χ1n) is 8.29. The Morgan fingerprint density at radius 1 is 0.893 bits per heavy atom. The Labute approximate surface area is 171 Å². The number of ether oxygens (including phenoxy) is 2. The van der Waals surface area contributed by atoms with Gasteiger partial charge in [0.2, 0.25) is 5.91 Å². The van der Waals surface area contributed by atoms with E-state index in [1.807, 2.05) is 18.2 Å². The van der Waals surface area contributed by atoms with E-state index < -0.39 is 17.8 Å². The summed E-state index contributed by atoms with van der Waals surface area (Å²) in [6, 6.07) is 13.5. The van der Waals surface area contributed by atoms with Crippen LogP contribution in [0.4, 0.5) is 0 Å². The molecule has 9 heteroatoms. The molecule has 0 spiro atoms. The van der Waals surface area contributed by atoms with Gasteiger partial charge in [0.1, 0.15) is 25.5 Å². The number of para-hydroxylation sites is 1. The van der Waals surface area contributed by atoms with Crippen LogP contribution in [0.3, 0.4) is 0 Å². The van der Waals surface area contributed by atoms with Crippen molar-refractivity contribution in [1.82, 2.24) is 10.6 Å². The van der Waals surface area contributed by atoms with Gasteiger partial charge in [-0.3, -0.25) is 14.4 Å². The molecule has 0 atom stereocenters. The zero-order valence-electron chi connectivity index (χ0n) is 14.7. The summed E-state index contributed by atoms with van der Waals surface area (Å²) >= 11 is 11.7. The lowest BCUT2D eigenvalue weighted by Crippen LogP contribution is -2.39. The van der Waals surface area contributed by atoms with Crippen LogP contribution in [0.2, 0.25) is 10.0 Å². The van der Waals surface area contributed by atoms with Gasteiger partial charge in [-0.05, 0) is 30.3 Å². The fourth-order valence-corrected chi connectivity index (χ4v) is 2.54. The van der Waals surface area contributed by atoms with Crippen LogP contribution in [-0.4, -0.2) is 44.1 Å². The Hall–Kier alpha value is -2.77. The van der Waals surface area contributed by atoms with Crippen molar-refractivity contribution in [2.45, 2.75) is 0 Å². The number of amides is 2. The quantitative estimate of drug-likeness (QED) is 0.476. The number of esters is 1. The lowest BCUT2D eigenvalue weighted by molar-refractivity contribution is -0.144. The van der Waals surface area contributed by atoms with Crippen LogP contribution in [0.1, 0.15) is 10.4 Å². The highest BCUT2D eigenvalue weighted by Crippen LogP contribution is 2.20. The monoisotopic (exact) mass is 424 g/mol. The summed E-state index contributed by atoms with van der Waals surface area (Å²) < 4.78 is 10.3. The molecule has 2 aromatic carbocycles. The fourth-order valence-electron chi connectivity index (χ4n) is 2.05. The summed E-state index contributed by atoms with van der Waals surface area (Å²) in [7, 11) is 0. The lowest BCUT2D eigenvalue weighted by Gasteiger charge is -2.09. The van der Waals surface area contributed by atoms with Crippen molar-refractivity contribution in [3.8, 4) is 5.75 Å². The molecule has 2 aromatic rings. The van der Waals surface area contributed by atoms with Crippen LogP contribution >= 0.6 is 23.2 Å². The third kappa shape index (κ3) is 7.46. The summed E-state index contributed by atoms with van der Waals surface area (Å²) in [6.45, 7) is -0.388. The van der Waals surface area contributed by atoms with E-state index in [9.17, 15) is 14.4 Å². The molecule has 0 aliphatic rings. The SMILES string of the molecule is O=C(CNC(=O)c1ccc(Cl)cc1Cl)NCC(=O)OCCOc1ccccc1. The number of halogens is 2. The van der Waals surface area contributed by atoms with E-state index in [0.29, 0.717) is 10.8 Å². The summed E-state index contributed by atoms with van der Waals surface area (Å²) in [5, 5.41) is 5.32. The smallest absolute Gasteiger partial charge is 0.325 e. The molecular weight excluding hydrogens is 407 g/mol. The molecule has 148 valence electrons. The van der Waals surface area contributed by atoms with E-state index in [1.165, 1.54) is 18.2 Å². The second-order valence-corrected chi connectivity index (χ2v) is 6.31. The maximum atomic E-state index is 12.0. The van der Waals surface area contributed by atoms with Gasteiger partial charge >= 0.3 is 5.97 Å². The molecule has 0 radical (unpaired) electrons. The van der Waals surface area contributed by atoms with Gasteiger partial charge in [-0.25, -0.2) is 0 Å². The number of hydrogen-bond donors (Lipinski definition) is 2. The molecule has 0 aliphatic heterocycles. The van der Waals surface area contributed by atoms with Gasteiger partial charge < -0.3 is 20.1 Å². The minimum atomic E-state index is -0.614. The molecule has 28 heavy (non-hydrogen) atoms. The van der Waals surface area contributed by atoms with Crippen LogP contribution in [0.15, 0.2) is 48.5 Å². The summed E-state index contributed by atoms with van der Waals surface area (Å²) in [4.78, 5) is 35.3. The molecule has 2 rings (SSSR count). The molecule has 0 bridgehead atoms. The minimum Gasteiger partial charge on any atom is -0.490 e. The van der Waals surface area contributed by atoms with Crippen LogP contribution in [0.25, 0.3) is 0 Å². The highest BCUT2D eigenvalue weighted by Gasteiger charge is 2.13. The molecule has 2 amide bonds. The first kappa shape index (κ1) is 21.5. The van der Waals surface area contributed by atoms with Gasteiger partial charge in [0, 0.05) is 5.02 Å². The van der Waals surface area contributed by atoms with Gasteiger partial charge in [-0.15, -0.1) is 0 Å². The first-order valence-corrected chi connectivity index (χ1v) is 9.04. The minimum absolute atomic E-state index is 0.0510. The van der Waals surface area contributed by atoms with E-state index in [0.717, 1.165) is 0 Å². The Kier molecular flexibility index (Phi) is 8.58. The van der Waals surface area contributed by atoms with E-state index in [2.05, 4.69) is 10.6 Å². The van der Waals surface area contributed by atoms with Crippen LogP contribution in [0, 0.1) is 0 Å². The van der Waals surface area contributed by atoms with Crippen molar-refractivity contribution in [2.24, 2.45) is 0 Å². The summed E-state index contributed by atoms with van der Waals surface area (Å²) in [5.41, 5.74) is 0.191. The van der Waals surface area contributed by atoms with Crippen molar-refractivity contribution in [1.29, 1.82) is 0 Å². The van der Waals surface area contributed by atoms with E-state index in [1.54, 1.807) is 12.1 Å². The standard InChI is InChI=1S/C19H18Cl2N2O5/c20-13-6-7-15(16(21)10-13)19(26)23-11-17(24)22-12-18(25)28-9-8-27-14-4-2-1-3-5-14/h1-7,10H,8-9,11-12H2,(H,22,24)(H,23,26). The highest BCUT2D eigenvalue weighted by molar-refractivity contribution is 6.36. The largest absolute Gasteiger partial charge is 0.490 e. The number of nitrogens with one attached hydrogen (secondary N) is 2. The van der Waals surface area contributed by atoms with Crippen molar-refractivity contribution < 1.29 is 23.9 Å². The molecule has 0 aromatic heterocycles. The summed E-state index contributed by atoms with van der Waals surface area (Å²) in [6.07, 6.45) is 0. The predicted octanol–water partition coefficient (Wildman–Crippen LogP) is 2.46. The Morgan fingerprint density at radius 2 is 1.64 bits per heavy atom. The Balaban J connectivity index is 1.61. The summed E-state index contributed by atoms with van der Waals surface area (Å²) in [5.74, 6) is -1.02. The second kappa shape index (κ2) is 11.2. The van der Waals surface area contributed by atoms with Crippen LogP contribution < -0.4 is 15.4 Å². The number of rotatable bonds is 9. The molecule has 0 fully saturated rings.